The summed E-state index contributed by atoms with van der Waals surface area (Å²) in [4.78, 5) is 11.5. The van der Waals surface area contributed by atoms with Crippen molar-refractivity contribution in [1.29, 1.82) is 0 Å². The van der Waals surface area contributed by atoms with Crippen LogP contribution < -0.4 is 5.48 Å². The molecule has 0 spiro atoms. The van der Waals surface area contributed by atoms with Gasteiger partial charge in [-0.25, -0.2) is 9.69 Å². The van der Waals surface area contributed by atoms with E-state index in [0.29, 0.717) is 18.5 Å². The third-order valence-corrected chi connectivity index (χ3v) is 7.01. The maximum atomic E-state index is 12.3. The van der Waals surface area contributed by atoms with E-state index in [1.54, 1.807) is 17.6 Å². The number of aromatic nitrogens is 1. The monoisotopic (exact) mass is 449 g/mol. The SMILES string of the molecule is O=C(NO)c1ccc(Cn2c3c(c4cc(Br)ccc42)CS(=O)(=[OH+])CC3)cc1. The van der Waals surface area contributed by atoms with Gasteiger partial charge in [0.05, 0.1) is 0 Å². The average molecular weight is 450 g/mol. The van der Waals surface area contributed by atoms with E-state index in [2.05, 4.69) is 20.5 Å². The Balaban J connectivity index is 1.79. The van der Waals surface area contributed by atoms with Crippen molar-refractivity contribution in [1.82, 2.24) is 10.0 Å². The van der Waals surface area contributed by atoms with Gasteiger partial charge in [0.15, 0.2) is 0 Å². The zero-order valence-corrected chi connectivity index (χ0v) is 16.7. The van der Waals surface area contributed by atoms with Crippen molar-refractivity contribution >= 4 is 42.6 Å². The van der Waals surface area contributed by atoms with Gasteiger partial charge in [0, 0.05) is 45.2 Å². The number of hydrogen-bond donors (Lipinski definition) is 2. The zero-order chi connectivity index (χ0) is 19.2. The normalized spacial score (nSPS) is 19.0. The van der Waals surface area contributed by atoms with Gasteiger partial charge in [-0.05, 0) is 35.9 Å². The minimum absolute atomic E-state index is 0.178. The van der Waals surface area contributed by atoms with Crippen molar-refractivity contribution < 1.29 is 18.4 Å². The fourth-order valence-corrected chi connectivity index (χ4v) is 5.43. The Labute approximate surface area is 164 Å². The summed E-state index contributed by atoms with van der Waals surface area (Å²) in [7, 11) is -2.82. The first kappa shape index (κ1) is 18.2. The van der Waals surface area contributed by atoms with Crippen molar-refractivity contribution in [3.05, 3.63) is 69.3 Å². The number of hydrogen-bond acceptors (Lipinski definition) is 3. The fraction of sp³-hybridized carbons (Fsp3) is 0.211. The van der Waals surface area contributed by atoms with Crippen LogP contribution in [-0.4, -0.2) is 29.9 Å². The van der Waals surface area contributed by atoms with Crippen LogP contribution in [0.15, 0.2) is 46.9 Å². The second kappa shape index (κ2) is 6.78. The summed E-state index contributed by atoms with van der Waals surface area (Å²) in [5.41, 5.74) is 6.07. The van der Waals surface area contributed by atoms with Crippen LogP contribution in [0.25, 0.3) is 10.9 Å². The Kier molecular flexibility index (Phi) is 4.57. The number of nitrogens with one attached hydrogen (secondary N) is 1. The summed E-state index contributed by atoms with van der Waals surface area (Å²) < 4.78 is 25.5. The predicted octanol–water partition coefficient (Wildman–Crippen LogP) is 3.20. The van der Waals surface area contributed by atoms with E-state index in [9.17, 15) is 13.2 Å². The smallest absolute Gasteiger partial charge is 0.278 e. The lowest BCUT2D eigenvalue weighted by molar-refractivity contribution is 0.0706. The summed E-state index contributed by atoms with van der Waals surface area (Å²) in [6.45, 7) is 0.598. The van der Waals surface area contributed by atoms with Crippen LogP contribution in [0.2, 0.25) is 0 Å². The third-order valence-electron chi connectivity index (χ3n) is 4.93. The van der Waals surface area contributed by atoms with Gasteiger partial charge >= 0.3 is 0 Å². The first-order valence-electron chi connectivity index (χ1n) is 8.43. The predicted molar refractivity (Wildman–Crippen MR) is 107 cm³/mol. The molecular formula is C19H18BrN2O4S+. The molecule has 0 radical (unpaired) electrons. The minimum atomic E-state index is -2.82. The number of rotatable bonds is 3. The van der Waals surface area contributed by atoms with Crippen LogP contribution in [0.3, 0.4) is 0 Å². The highest BCUT2D eigenvalue weighted by Crippen LogP contribution is 2.34. The van der Waals surface area contributed by atoms with Gasteiger partial charge in [0.25, 0.3) is 15.7 Å². The second-order valence-electron chi connectivity index (χ2n) is 6.68. The molecule has 140 valence electrons. The first-order valence-corrected chi connectivity index (χ1v) is 11.1. The van der Waals surface area contributed by atoms with Crippen LogP contribution in [0.4, 0.5) is 0 Å². The van der Waals surface area contributed by atoms with E-state index in [4.69, 9.17) is 5.21 Å². The van der Waals surface area contributed by atoms with Crippen molar-refractivity contribution in [3.63, 3.8) is 0 Å². The standard InChI is InChI=1S/C19H17BrN2O4S/c20-14-5-6-17-15(9-14)16-11-27(25,26)8-7-18(16)22(17)10-12-1-3-13(4-2-12)19(23)21-24/h1-6,9,24H,7-8,10-11H2,(H,21,23)/p+1. The molecule has 0 fully saturated rings. The van der Waals surface area contributed by atoms with Crippen LogP contribution in [0.5, 0.6) is 0 Å². The van der Waals surface area contributed by atoms with Gasteiger partial charge in [-0.15, -0.1) is 0 Å². The van der Waals surface area contributed by atoms with Gasteiger partial charge in [0.2, 0.25) is 0 Å². The fourth-order valence-electron chi connectivity index (χ4n) is 3.64. The van der Waals surface area contributed by atoms with Gasteiger partial charge < -0.3 is 4.57 Å². The molecule has 0 saturated heterocycles. The molecule has 1 aliphatic heterocycles. The second-order valence-corrected chi connectivity index (χ2v) is 9.84. The largest absolute Gasteiger partial charge is 0.340 e. The molecule has 1 unspecified atom stereocenters. The zero-order valence-electron chi connectivity index (χ0n) is 14.3. The molecule has 0 bridgehead atoms. The van der Waals surface area contributed by atoms with Crippen molar-refractivity contribution in [3.8, 4) is 0 Å². The lowest BCUT2D eigenvalue weighted by Crippen LogP contribution is -2.20. The molecule has 0 aliphatic carbocycles. The lowest BCUT2D eigenvalue weighted by atomic mass is 10.1. The van der Waals surface area contributed by atoms with Gasteiger partial charge in [-0.1, -0.05) is 28.1 Å². The van der Waals surface area contributed by atoms with Gasteiger partial charge in [-0.3, -0.25) is 10.0 Å². The maximum Gasteiger partial charge on any atom is 0.278 e. The summed E-state index contributed by atoms with van der Waals surface area (Å²) >= 11 is 3.49. The van der Waals surface area contributed by atoms with Gasteiger partial charge in [0.1, 0.15) is 11.5 Å². The number of hydroxylamine groups is 1. The van der Waals surface area contributed by atoms with E-state index in [1.165, 1.54) is 0 Å². The number of nitrogens with zero attached hydrogens (tertiary/aromatic N) is 1. The summed E-state index contributed by atoms with van der Waals surface area (Å²) in [5.74, 6) is -0.0988. The van der Waals surface area contributed by atoms with Gasteiger partial charge in [-0.2, -0.15) is 4.21 Å². The van der Waals surface area contributed by atoms with E-state index in [1.807, 2.05) is 30.3 Å². The van der Waals surface area contributed by atoms with E-state index >= 15 is 0 Å². The van der Waals surface area contributed by atoms with Crippen molar-refractivity contribution in [2.24, 2.45) is 0 Å². The van der Waals surface area contributed by atoms with E-state index in [-0.39, 0.29) is 11.5 Å². The molecule has 1 atom stereocenters. The molecule has 2 aromatic carbocycles. The maximum absolute atomic E-state index is 12.3. The molecule has 3 N–H and O–H groups in total. The summed E-state index contributed by atoms with van der Waals surface area (Å²) in [6.07, 6.45) is 0.558. The van der Waals surface area contributed by atoms with Crippen molar-refractivity contribution in [2.75, 3.05) is 5.75 Å². The van der Waals surface area contributed by atoms with Crippen LogP contribution >= 0.6 is 15.9 Å². The molecule has 3 aromatic rings. The number of carbonyl (C=O) groups is 1. The highest BCUT2D eigenvalue weighted by molar-refractivity contribution is 9.10. The van der Waals surface area contributed by atoms with Crippen LogP contribution in [0, 0.1) is 0 Å². The number of benzene rings is 2. The number of carbonyl (C=O) groups excluding carboxylic acids is 1. The Bertz CT molecular complexity index is 1150. The lowest BCUT2D eigenvalue weighted by Gasteiger charge is -2.15. The number of halogens is 1. The highest BCUT2D eigenvalue weighted by atomic mass is 79.9. The average Bonchev–Trinajstić information content (AvgIpc) is 2.93. The third kappa shape index (κ3) is 3.40. The Morgan fingerprint density at radius 3 is 2.70 bits per heavy atom. The molecule has 8 heteroatoms. The minimum Gasteiger partial charge on any atom is -0.340 e. The quantitative estimate of drug-likeness (QED) is 0.365. The molecule has 1 amide bonds. The molecule has 1 aliphatic rings. The number of amides is 1. The van der Waals surface area contributed by atoms with Crippen LogP contribution in [-0.2, 0) is 28.6 Å². The molecule has 27 heavy (non-hydrogen) atoms. The molecule has 1 aromatic heterocycles. The van der Waals surface area contributed by atoms with Crippen LogP contribution in [0.1, 0.15) is 27.2 Å². The Hall–Kier alpha value is -2.16. The van der Waals surface area contributed by atoms with E-state index in [0.717, 1.165) is 32.2 Å². The topological polar surface area (TPSA) is 92.7 Å². The Morgan fingerprint density at radius 2 is 2.00 bits per heavy atom. The Morgan fingerprint density at radius 1 is 1.26 bits per heavy atom. The highest BCUT2D eigenvalue weighted by Gasteiger charge is 2.31. The molecule has 0 saturated carbocycles. The molecule has 6 nitrogen and oxygen atoms in total. The summed E-state index contributed by atoms with van der Waals surface area (Å²) in [5, 5.41) is 9.73. The molecule has 4 rings (SSSR count). The molecule has 2 heterocycles. The summed E-state index contributed by atoms with van der Waals surface area (Å²) in [6, 6.07) is 13.0. The number of fused-ring (bicyclic) bond motifs is 3. The molecular weight excluding hydrogens is 432 g/mol. The first-order chi connectivity index (χ1) is 12.9. The van der Waals surface area contributed by atoms with E-state index < -0.39 is 15.7 Å². The van der Waals surface area contributed by atoms with Crippen molar-refractivity contribution in [2.45, 2.75) is 18.7 Å².